The molecule has 0 aliphatic heterocycles. The Morgan fingerprint density at radius 2 is 2.00 bits per heavy atom. The minimum atomic E-state index is 0.0685. The average molecular weight is 465 g/mol. The second kappa shape index (κ2) is 14.6. The van der Waals surface area contributed by atoms with E-state index >= 15 is 0 Å². The van der Waals surface area contributed by atoms with E-state index in [0.717, 1.165) is 49.2 Å². The van der Waals surface area contributed by atoms with Crippen molar-refractivity contribution in [2.24, 2.45) is 28.1 Å². The second-order valence-corrected chi connectivity index (χ2v) is 9.19. The molecule has 1 N–H and O–H groups in total. The maximum atomic E-state index is 12.0. The highest BCUT2D eigenvalue weighted by molar-refractivity contribution is 5.75. The third kappa shape index (κ3) is 9.69. The summed E-state index contributed by atoms with van der Waals surface area (Å²) in [6.45, 7) is 7.70. The Hall–Kier alpha value is -2.65. The maximum absolute atomic E-state index is 12.0. The fourth-order valence-electron chi connectivity index (χ4n) is 4.18. The van der Waals surface area contributed by atoms with Crippen molar-refractivity contribution >= 4 is 11.6 Å². The molecular weight excluding hydrogens is 424 g/mol. The van der Waals surface area contributed by atoms with Crippen molar-refractivity contribution in [3.05, 3.63) is 42.0 Å². The SMILES string of the molecule is CCN(CC)N=Nc1ccc(C#CCCCC(=O)NCCOCC2C=CC3CC3CCC2)cc1. The Kier molecular flexibility index (Phi) is 11.1. The smallest absolute Gasteiger partial charge is 0.220 e. The normalized spacial score (nSPS) is 21.2. The molecule has 0 spiro atoms. The number of nitrogens with one attached hydrogen (secondary N) is 1. The lowest BCUT2D eigenvalue weighted by molar-refractivity contribution is -0.121. The van der Waals surface area contributed by atoms with Gasteiger partial charge in [0.15, 0.2) is 0 Å². The van der Waals surface area contributed by atoms with Gasteiger partial charge in [0, 0.05) is 44.0 Å². The summed E-state index contributed by atoms with van der Waals surface area (Å²) in [5.74, 6) is 8.70. The number of hydrogen-bond donors (Lipinski definition) is 1. The van der Waals surface area contributed by atoms with Crippen LogP contribution in [0.5, 0.6) is 0 Å². The highest BCUT2D eigenvalue weighted by Crippen LogP contribution is 2.45. The molecule has 3 unspecified atom stereocenters. The van der Waals surface area contributed by atoms with Crippen LogP contribution < -0.4 is 5.32 Å². The van der Waals surface area contributed by atoms with Gasteiger partial charge >= 0.3 is 0 Å². The largest absolute Gasteiger partial charge is 0.379 e. The zero-order valence-corrected chi connectivity index (χ0v) is 20.8. The predicted octanol–water partition coefficient (Wildman–Crippen LogP) is 5.67. The van der Waals surface area contributed by atoms with Crippen molar-refractivity contribution in [1.82, 2.24) is 10.3 Å². The fraction of sp³-hybridized carbons (Fsp3) is 0.607. The number of ether oxygens (including phenoxy) is 1. The van der Waals surface area contributed by atoms with Crippen LogP contribution in [0.4, 0.5) is 5.69 Å². The Labute approximate surface area is 205 Å². The number of fused-ring (bicyclic) bond motifs is 1. The summed E-state index contributed by atoms with van der Waals surface area (Å²) in [5, 5.41) is 13.3. The van der Waals surface area contributed by atoms with Crippen molar-refractivity contribution < 1.29 is 9.53 Å². The molecule has 0 saturated heterocycles. The summed E-state index contributed by atoms with van der Waals surface area (Å²) < 4.78 is 5.80. The number of hydrogen-bond acceptors (Lipinski definition) is 4. The van der Waals surface area contributed by atoms with Crippen LogP contribution in [0.1, 0.15) is 64.4 Å². The van der Waals surface area contributed by atoms with Crippen LogP contribution in [0.15, 0.2) is 46.8 Å². The minimum Gasteiger partial charge on any atom is -0.379 e. The molecular formula is C28H40N4O2. The van der Waals surface area contributed by atoms with E-state index in [9.17, 15) is 4.79 Å². The molecule has 1 aromatic rings. The molecule has 3 rings (SSSR count). The standard InChI is InChI=1S/C28H40N4O2/c1-3-32(4-2)31-30-27-17-14-23(15-18-27)9-6-5-7-12-28(33)29-19-20-34-22-24-10-8-11-25-21-26(25)16-13-24/h13-18,24-26H,3-5,7-8,10-12,19-22H2,1-2H3,(H,29,33). The average Bonchev–Trinajstić information content (AvgIpc) is 3.58. The van der Waals surface area contributed by atoms with Crippen LogP contribution in [0, 0.1) is 29.6 Å². The highest BCUT2D eigenvalue weighted by atomic mass is 16.5. The Bertz CT molecular complexity index is 865. The van der Waals surface area contributed by atoms with Gasteiger partial charge in [0.05, 0.1) is 18.9 Å². The number of rotatable bonds is 12. The molecule has 184 valence electrons. The number of nitrogens with zero attached hydrogens (tertiary/aromatic N) is 3. The molecule has 2 aliphatic rings. The van der Waals surface area contributed by atoms with Gasteiger partial charge in [-0.15, -0.1) is 5.11 Å². The minimum absolute atomic E-state index is 0.0685. The van der Waals surface area contributed by atoms with Crippen LogP contribution in [-0.2, 0) is 9.53 Å². The predicted molar refractivity (Wildman–Crippen MR) is 137 cm³/mol. The molecule has 0 bridgehead atoms. The lowest BCUT2D eigenvalue weighted by Crippen LogP contribution is -2.27. The summed E-state index contributed by atoms with van der Waals surface area (Å²) in [5.41, 5.74) is 1.76. The Morgan fingerprint density at radius 3 is 2.79 bits per heavy atom. The van der Waals surface area contributed by atoms with E-state index in [0.29, 0.717) is 31.9 Å². The molecule has 0 aromatic heterocycles. The van der Waals surface area contributed by atoms with E-state index in [1.165, 1.54) is 25.7 Å². The van der Waals surface area contributed by atoms with Crippen LogP contribution >= 0.6 is 0 Å². The van der Waals surface area contributed by atoms with E-state index in [-0.39, 0.29) is 5.91 Å². The molecule has 1 fully saturated rings. The third-order valence-corrected chi connectivity index (χ3v) is 6.48. The van der Waals surface area contributed by atoms with E-state index < -0.39 is 0 Å². The zero-order valence-electron chi connectivity index (χ0n) is 20.8. The van der Waals surface area contributed by atoms with Gasteiger partial charge in [-0.3, -0.25) is 9.80 Å². The molecule has 34 heavy (non-hydrogen) atoms. The number of carbonyl (C=O) groups excluding carboxylic acids is 1. The number of benzene rings is 1. The maximum Gasteiger partial charge on any atom is 0.220 e. The number of amides is 1. The molecule has 0 radical (unpaired) electrons. The van der Waals surface area contributed by atoms with Gasteiger partial charge in [-0.05, 0) is 75.6 Å². The molecule has 1 saturated carbocycles. The first-order chi connectivity index (χ1) is 16.7. The van der Waals surface area contributed by atoms with Gasteiger partial charge in [0.1, 0.15) is 0 Å². The van der Waals surface area contributed by atoms with Gasteiger partial charge in [-0.25, -0.2) is 0 Å². The molecule has 0 heterocycles. The lowest BCUT2D eigenvalue weighted by Gasteiger charge is -2.15. The molecule has 6 heteroatoms. The van der Waals surface area contributed by atoms with Crippen molar-refractivity contribution in [3.63, 3.8) is 0 Å². The second-order valence-electron chi connectivity index (χ2n) is 9.19. The van der Waals surface area contributed by atoms with Crippen molar-refractivity contribution in [3.8, 4) is 11.8 Å². The van der Waals surface area contributed by atoms with Crippen LogP contribution in [-0.4, -0.2) is 43.8 Å². The number of unbranched alkanes of at least 4 members (excludes halogenated alkanes) is 1. The van der Waals surface area contributed by atoms with Gasteiger partial charge in [-0.2, -0.15) is 0 Å². The monoisotopic (exact) mass is 464 g/mol. The van der Waals surface area contributed by atoms with Crippen LogP contribution in [0.3, 0.4) is 0 Å². The van der Waals surface area contributed by atoms with Crippen molar-refractivity contribution in [2.75, 3.05) is 32.8 Å². The van der Waals surface area contributed by atoms with Crippen molar-refractivity contribution in [1.29, 1.82) is 0 Å². The summed E-state index contributed by atoms with van der Waals surface area (Å²) in [6.07, 6.45) is 12.0. The zero-order chi connectivity index (χ0) is 24.0. The highest BCUT2D eigenvalue weighted by Gasteiger charge is 2.35. The quantitative estimate of drug-likeness (QED) is 0.142. The molecule has 3 atom stereocenters. The van der Waals surface area contributed by atoms with E-state index in [2.05, 4.69) is 53.5 Å². The van der Waals surface area contributed by atoms with E-state index in [1.807, 2.05) is 29.3 Å². The lowest BCUT2D eigenvalue weighted by atomic mass is 9.97. The molecule has 2 aliphatic carbocycles. The third-order valence-electron chi connectivity index (χ3n) is 6.48. The summed E-state index contributed by atoms with van der Waals surface area (Å²) in [4.78, 5) is 12.0. The van der Waals surface area contributed by atoms with E-state index in [4.69, 9.17) is 4.74 Å². The molecule has 1 amide bonds. The van der Waals surface area contributed by atoms with Crippen LogP contribution in [0.2, 0.25) is 0 Å². The Balaban J connectivity index is 1.22. The number of allylic oxidation sites excluding steroid dienone is 1. The van der Waals surface area contributed by atoms with Gasteiger partial charge < -0.3 is 10.1 Å². The van der Waals surface area contributed by atoms with Gasteiger partial charge in [0.25, 0.3) is 0 Å². The summed E-state index contributed by atoms with van der Waals surface area (Å²) >= 11 is 0. The summed E-state index contributed by atoms with van der Waals surface area (Å²) in [6, 6.07) is 7.74. The van der Waals surface area contributed by atoms with Crippen LogP contribution in [0.25, 0.3) is 0 Å². The topological polar surface area (TPSA) is 66.3 Å². The first kappa shape index (κ1) is 26.0. The van der Waals surface area contributed by atoms with E-state index in [1.54, 1.807) is 0 Å². The first-order valence-corrected chi connectivity index (χ1v) is 13.0. The molecule has 1 aromatic carbocycles. The van der Waals surface area contributed by atoms with Gasteiger partial charge in [-0.1, -0.05) is 35.6 Å². The Morgan fingerprint density at radius 1 is 1.18 bits per heavy atom. The molecule has 6 nitrogen and oxygen atoms in total. The van der Waals surface area contributed by atoms with Crippen molar-refractivity contribution in [2.45, 2.75) is 58.8 Å². The first-order valence-electron chi connectivity index (χ1n) is 13.0. The fourth-order valence-corrected chi connectivity index (χ4v) is 4.18. The van der Waals surface area contributed by atoms with Gasteiger partial charge in [0.2, 0.25) is 5.91 Å². The summed E-state index contributed by atoms with van der Waals surface area (Å²) in [7, 11) is 0. The number of carbonyl (C=O) groups is 1.